The molecule has 2 saturated carbocycles. The van der Waals surface area contributed by atoms with Crippen LogP contribution in [0.4, 0.5) is 0 Å². The fourth-order valence-electron chi connectivity index (χ4n) is 5.38. The molecule has 3 aliphatic carbocycles. The second-order valence-electron chi connectivity index (χ2n) is 8.13. The first-order chi connectivity index (χ1) is 9.43. The maximum Gasteiger partial charge on any atom is 0.162 e. The first-order valence-corrected chi connectivity index (χ1v) is 7.97. The summed E-state index contributed by atoms with van der Waals surface area (Å²) in [5, 5.41) is 0. The number of allylic oxidation sites excluding steroid dienone is 1. The molecule has 5 rings (SSSR count). The van der Waals surface area contributed by atoms with Gasteiger partial charge in [0.05, 0.1) is 12.2 Å². The van der Waals surface area contributed by atoms with Crippen LogP contribution < -0.4 is 0 Å². The van der Waals surface area contributed by atoms with Crippen molar-refractivity contribution in [3.8, 4) is 0 Å². The molecule has 0 bridgehead atoms. The zero-order chi connectivity index (χ0) is 13.8. The molecular weight excluding hydrogens is 359 g/mol. The molecule has 0 aromatic rings. The Morgan fingerprint density at radius 1 is 1.24 bits per heavy atom. The Labute approximate surface area is 140 Å². The van der Waals surface area contributed by atoms with Crippen molar-refractivity contribution in [3.63, 3.8) is 0 Å². The number of hydrogen-bond donors (Lipinski definition) is 0. The Balaban J connectivity index is 0.00000115. The fourth-order valence-corrected chi connectivity index (χ4v) is 5.38. The van der Waals surface area contributed by atoms with Gasteiger partial charge in [-0.25, -0.2) is 6.08 Å². The number of ether oxygens (including phenoxy) is 3. The van der Waals surface area contributed by atoms with E-state index in [4.69, 9.17) is 14.2 Å². The summed E-state index contributed by atoms with van der Waals surface area (Å²) in [5.74, 6) is 1.08. The number of hydrogen-bond acceptors (Lipinski definition) is 3. The van der Waals surface area contributed by atoms with Crippen LogP contribution in [0.2, 0.25) is 0 Å². The van der Waals surface area contributed by atoms with Crippen molar-refractivity contribution < 1.29 is 34.6 Å². The fraction of sp³-hybridized carbons (Fsp3) is 0.824. The van der Waals surface area contributed by atoms with Crippen LogP contribution in [0.3, 0.4) is 0 Å². The van der Waals surface area contributed by atoms with Crippen molar-refractivity contribution in [2.45, 2.75) is 63.9 Å². The summed E-state index contributed by atoms with van der Waals surface area (Å²) in [4.78, 5) is 0. The van der Waals surface area contributed by atoms with Gasteiger partial charge in [-0.1, -0.05) is 13.3 Å². The van der Waals surface area contributed by atoms with Crippen LogP contribution in [-0.4, -0.2) is 30.7 Å². The van der Waals surface area contributed by atoms with Crippen molar-refractivity contribution in [2.24, 2.45) is 10.8 Å². The third-order valence-electron chi connectivity index (χ3n) is 6.37. The molecule has 4 heteroatoms. The van der Waals surface area contributed by atoms with E-state index in [2.05, 4.69) is 26.8 Å². The van der Waals surface area contributed by atoms with E-state index in [0.717, 1.165) is 19.6 Å². The molecule has 4 fully saturated rings. The zero-order valence-corrected chi connectivity index (χ0v) is 14.5. The molecule has 2 heterocycles. The van der Waals surface area contributed by atoms with E-state index < -0.39 is 5.79 Å². The second kappa shape index (κ2) is 3.97. The maximum atomic E-state index is 6.37. The molecule has 21 heavy (non-hydrogen) atoms. The van der Waals surface area contributed by atoms with Gasteiger partial charge in [0.25, 0.3) is 0 Å². The summed E-state index contributed by atoms with van der Waals surface area (Å²) in [7, 11) is 0. The molecule has 2 aliphatic heterocycles. The Kier molecular flexibility index (Phi) is 2.78. The van der Waals surface area contributed by atoms with E-state index in [1.807, 2.05) is 0 Å². The molecule has 1 spiro atoms. The molecule has 3 nitrogen and oxygen atoms in total. The van der Waals surface area contributed by atoms with Crippen LogP contribution in [0.15, 0.2) is 11.6 Å². The zero-order valence-electron chi connectivity index (χ0n) is 12.9. The van der Waals surface area contributed by atoms with Gasteiger partial charge in [0.15, 0.2) is 5.79 Å². The molecule has 0 amide bonds. The van der Waals surface area contributed by atoms with E-state index in [1.54, 1.807) is 0 Å². The maximum absolute atomic E-state index is 6.37. The van der Waals surface area contributed by atoms with E-state index in [9.17, 15) is 0 Å². The smallest absolute Gasteiger partial charge is 0.162 e. The molecule has 120 valence electrons. The second-order valence-corrected chi connectivity index (χ2v) is 8.13. The van der Waals surface area contributed by atoms with Crippen molar-refractivity contribution in [1.29, 1.82) is 0 Å². The summed E-state index contributed by atoms with van der Waals surface area (Å²) in [6, 6.07) is 0. The third-order valence-corrected chi connectivity index (χ3v) is 6.37. The predicted molar refractivity (Wildman–Crippen MR) is 73.9 cm³/mol. The van der Waals surface area contributed by atoms with Crippen LogP contribution in [0.1, 0.15) is 46.5 Å². The van der Waals surface area contributed by atoms with Gasteiger partial charge in [0.1, 0.15) is 0 Å². The standard InChI is InChI=1S/C17H23O3.Pd/c1-14(2)19-13-12(16-8-15(16,3)9-18-10-16)11-6-4-5-7-17(11,13)20-14;/h6,13H,4-5,7-10H2,1-3H3;/q-1;/t13-,15+,16-,17+;/m0./s1. The molecule has 0 N–H and O–H groups in total. The molecule has 5 aliphatic rings. The van der Waals surface area contributed by atoms with Gasteiger partial charge in [0, 0.05) is 33.1 Å². The Morgan fingerprint density at radius 3 is 2.71 bits per heavy atom. The van der Waals surface area contributed by atoms with Gasteiger partial charge in [-0.05, 0) is 37.5 Å². The predicted octanol–water partition coefficient (Wildman–Crippen LogP) is 3.00. The summed E-state index contributed by atoms with van der Waals surface area (Å²) in [6.45, 7) is 8.27. The number of fused-ring (bicyclic) bond motifs is 1. The van der Waals surface area contributed by atoms with E-state index in [1.165, 1.54) is 30.8 Å². The van der Waals surface area contributed by atoms with E-state index in [0.29, 0.717) is 5.41 Å². The molecule has 4 atom stereocenters. The minimum atomic E-state index is -0.454. The van der Waals surface area contributed by atoms with Gasteiger partial charge in [-0.15, -0.1) is 6.42 Å². The molecule has 0 aromatic carbocycles. The molecule has 2 saturated heterocycles. The Morgan fingerprint density at radius 2 is 2.05 bits per heavy atom. The van der Waals surface area contributed by atoms with Gasteiger partial charge in [-0.2, -0.15) is 11.5 Å². The van der Waals surface area contributed by atoms with Crippen molar-refractivity contribution in [2.75, 3.05) is 13.2 Å². The van der Waals surface area contributed by atoms with Gasteiger partial charge in [-0.3, -0.25) is 0 Å². The number of rotatable bonds is 1. The van der Waals surface area contributed by atoms with Crippen molar-refractivity contribution in [1.82, 2.24) is 0 Å². The Hall–Kier alpha value is 0.152. The normalized spacial score (nSPS) is 52.0. The molecule has 0 unspecified atom stereocenters. The third kappa shape index (κ3) is 1.52. The van der Waals surface area contributed by atoms with Crippen molar-refractivity contribution >= 4 is 0 Å². The molecule has 0 aromatic heterocycles. The summed E-state index contributed by atoms with van der Waals surface area (Å²) >= 11 is 0. The average molecular weight is 382 g/mol. The van der Waals surface area contributed by atoms with Gasteiger partial charge in [0.2, 0.25) is 0 Å². The van der Waals surface area contributed by atoms with Crippen LogP contribution in [0.25, 0.3) is 0 Å². The monoisotopic (exact) mass is 381 g/mol. The summed E-state index contributed by atoms with van der Waals surface area (Å²) < 4.78 is 18.5. The van der Waals surface area contributed by atoms with Crippen LogP contribution in [0, 0.1) is 16.7 Å². The quantitative estimate of drug-likeness (QED) is 0.516. The van der Waals surface area contributed by atoms with Crippen LogP contribution >= 0.6 is 0 Å². The summed E-state index contributed by atoms with van der Waals surface area (Å²) in [5.41, 5.74) is 1.95. The largest absolute Gasteiger partial charge is 0.382 e. The SMILES string of the molecule is CC1(C)O[C@H]2[C-]([C@]34COC[C@@]3(C)C4)C3=CCCC[C@@]32O1.[Pd]. The topological polar surface area (TPSA) is 27.7 Å². The van der Waals surface area contributed by atoms with E-state index >= 15 is 0 Å². The van der Waals surface area contributed by atoms with Crippen LogP contribution in [0.5, 0.6) is 0 Å². The van der Waals surface area contributed by atoms with Gasteiger partial charge >= 0.3 is 0 Å². The average Bonchev–Trinajstić information content (AvgIpc) is 2.72. The van der Waals surface area contributed by atoms with Crippen molar-refractivity contribution in [3.05, 3.63) is 17.6 Å². The summed E-state index contributed by atoms with van der Waals surface area (Å²) in [6.07, 6.45) is 7.38. The van der Waals surface area contributed by atoms with Gasteiger partial charge < -0.3 is 14.2 Å². The molecule has 0 radical (unpaired) electrons. The van der Waals surface area contributed by atoms with Crippen LogP contribution in [-0.2, 0) is 34.6 Å². The molecular formula is C17H23O3Pd-. The first kappa shape index (κ1) is 14.7. The Bertz CT molecular complexity index is 526. The van der Waals surface area contributed by atoms with E-state index in [-0.39, 0.29) is 37.5 Å². The minimum absolute atomic E-state index is 0. The minimum Gasteiger partial charge on any atom is -0.382 e. The first-order valence-electron chi connectivity index (χ1n) is 7.97.